The first-order chi connectivity index (χ1) is 34.0. The van der Waals surface area contributed by atoms with E-state index < -0.39 is 6.10 Å². The van der Waals surface area contributed by atoms with Crippen molar-refractivity contribution in [3.05, 3.63) is 60.8 Å². The van der Waals surface area contributed by atoms with Crippen molar-refractivity contribution >= 4 is 17.9 Å². The topological polar surface area (TPSA) is 78.9 Å². The zero-order valence-corrected chi connectivity index (χ0v) is 45.8. The second-order valence-corrected chi connectivity index (χ2v) is 19.9. The lowest BCUT2D eigenvalue weighted by Crippen LogP contribution is -2.30. The number of esters is 3. The van der Waals surface area contributed by atoms with Crippen molar-refractivity contribution < 1.29 is 28.6 Å². The first-order valence-corrected chi connectivity index (χ1v) is 29.8. The molecular formula is C63H112O6. The molecule has 0 aliphatic heterocycles. The second kappa shape index (κ2) is 57.7. The van der Waals surface area contributed by atoms with Crippen LogP contribution in [0, 0.1) is 0 Å². The number of hydrogen-bond acceptors (Lipinski definition) is 6. The van der Waals surface area contributed by atoms with Gasteiger partial charge >= 0.3 is 17.9 Å². The van der Waals surface area contributed by atoms with Crippen LogP contribution in [0.15, 0.2) is 60.8 Å². The maximum absolute atomic E-state index is 12.8. The lowest BCUT2D eigenvalue weighted by atomic mass is 10.0. The summed E-state index contributed by atoms with van der Waals surface area (Å²) in [7, 11) is 0. The SMILES string of the molecule is CC/C=C\C/C=C\C/C=C\C/C=C\C/C=C\CCCCCCCCCCCCCCCC(=O)OCC(COC(=O)CCCCCCCCCC)OC(=O)CCCCCCCCCCCCCCCC. The van der Waals surface area contributed by atoms with E-state index in [2.05, 4.69) is 81.5 Å². The van der Waals surface area contributed by atoms with Crippen LogP contribution in [0.3, 0.4) is 0 Å². The van der Waals surface area contributed by atoms with Crippen LogP contribution in [0.5, 0.6) is 0 Å². The molecule has 0 aromatic carbocycles. The van der Waals surface area contributed by atoms with Gasteiger partial charge in [0.15, 0.2) is 6.10 Å². The number of carbonyl (C=O) groups is 3. The van der Waals surface area contributed by atoms with E-state index in [4.69, 9.17) is 14.2 Å². The largest absolute Gasteiger partial charge is 0.462 e. The van der Waals surface area contributed by atoms with E-state index in [0.29, 0.717) is 19.3 Å². The minimum absolute atomic E-state index is 0.0694. The molecule has 0 aliphatic rings. The number of allylic oxidation sites excluding steroid dienone is 10. The molecule has 0 aromatic rings. The maximum Gasteiger partial charge on any atom is 0.306 e. The first-order valence-electron chi connectivity index (χ1n) is 29.8. The molecule has 0 heterocycles. The Balaban J connectivity index is 4.10. The van der Waals surface area contributed by atoms with Crippen molar-refractivity contribution in [3.8, 4) is 0 Å². The van der Waals surface area contributed by atoms with E-state index in [-0.39, 0.29) is 31.1 Å². The van der Waals surface area contributed by atoms with Gasteiger partial charge in [-0.3, -0.25) is 14.4 Å². The maximum atomic E-state index is 12.8. The third-order valence-electron chi connectivity index (χ3n) is 13.0. The van der Waals surface area contributed by atoms with Gasteiger partial charge in [-0.15, -0.1) is 0 Å². The third kappa shape index (κ3) is 55.9. The van der Waals surface area contributed by atoms with Gasteiger partial charge in [-0.2, -0.15) is 0 Å². The molecule has 1 unspecified atom stereocenters. The Hall–Kier alpha value is -2.89. The molecule has 0 saturated heterocycles. The van der Waals surface area contributed by atoms with Crippen LogP contribution < -0.4 is 0 Å². The van der Waals surface area contributed by atoms with E-state index in [1.54, 1.807) is 0 Å². The molecule has 400 valence electrons. The fourth-order valence-corrected chi connectivity index (χ4v) is 8.59. The lowest BCUT2D eigenvalue weighted by Gasteiger charge is -2.18. The van der Waals surface area contributed by atoms with Crippen LogP contribution in [0.1, 0.15) is 303 Å². The molecular weight excluding hydrogens is 853 g/mol. The van der Waals surface area contributed by atoms with Gasteiger partial charge in [0.05, 0.1) is 0 Å². The van der Waals surface area contributed by atoms with Gasteiger partial charge in [-0.1, -0.05) is 281 Å². The zero-order chi connectivity index (χ0) is 50.0. The van der Waals surface area contributed by atoms with Gasteiger partial charge in [0.25, 0.3) is 0 Å². The average molecular weight is 966 g/mol. The van der Waals surface area contributed by atoms with Crippen molar-refractivity contribution in [3.63, 3.8) is 0 Å². The molecule has 0 fully saturated rings. The summed E-state index contributed by atoms with van der Waals surface area (Å²) < 4.78 is 16.8. The Bertz CT molecular complexity index is 1250. The van der Waals surface area contributed by atoms with Crippen LogP contribution in [-0.4, -0.2) is 37.2 Å². The molecule has 0 saturated carbocycles. The Kier molecular flexibility index (Phi) is 55.3. The van der Waals surface area contributed by atoms with E-state index in [1.807, 2.05) is 0 Å². The summed E-state index contributed by atoms with van der Waals surface area (Å²) in [6, 6.07) is 0. The lowest BCUT2D eigenvalue weighted by molar-refractivity contribution is -0.167. The van der Waals surface area contributed by atoms with E-state index in [1.165, 1.54) is 173 Å². The van der Waals surface area contributed by atoms with Crippen LogP contribution in [0.25, 0.3) is 0 Å². The Morgan fingerprint density at radius 3 is 0.884 bits per heavy atom. The second-order valence-electron chi connectivity index (χ2n) is 19.9. The van der Waals surface area contributed by atoms with Gasteiger partial charge in [-0.25, -0.2) is 0 Å². The van der Waals surface area contributed by atoms with Crippen LogP contribution in [0.2, 0.25) is 0 Å². The fourth-order valence-electron chi connectivity index (χ4n) is 8.59. The summed E-state index contributed by atoms with van der Waals surface area (Å²) >= 11 is 0. The Morgan fingerprint density at radius 1 is 0.304 bits per heavy atom. The minimum atomic E-state index is -0.768. The highest BCUT2D eigenvalue weighted by Gasteiger charge is 2.19. The molecule has 0 amide bonds. The molecule has 0 radical (unpaired) electrons. The molecule has 6 nitrogen and oxygen atoms in total. The molecule has 0 rings (SSSR count). The van der Waals surface area contributed by atoms with Gasteiger partial charge in [0.2, 0.25) is 0 Å². The summed E-state index contributed by atoms with van der Waals surface area (Å²) in [4.78, 5) is 38.0. The normalized spacial score (nSPS) is 12.4. The van der Waals surface area contributed by atoms with Gasteiger partial charge in [0.1, 0.15) is 13.2 Å². The minimum Gasteiger partial charge on any atom is -0.462 e. The predicted molar refractivity (Wildman–Crippen MR) is 298 cm³/mol. The van der Waals surface area contributed by atoms with E-state index in [9.17, 15) is 14.4 Å². The molecule has 0 N–H and O–H groups in total. The van der Waals surface area contributed by atoms with Crippen molar-refractivity contribution in [2.24, 2.45) is 0 Å². The molecule has 0 aromatic heterocycles. The Morgan fingerprint density at radius 2 is 0.565 bits per heavy atom. The molecule has 69 heavy (non-hydrogen) atoms. The summed E-state index contributed by atoms with van der Waals surface area (Å²) in [5, 5.41) is 0. The highest BCUT2D eigenvalue weighted by Crippen LogP contribution is 2.17. The number of ether oxygens (including phenoxy) is 3. The summed E-state index contributed by atoms with van der Waals surface area (Å²) in [5.74, 6) is -0.861. The smallest absolute Gasteiger partial charge is 0.306 e. The van der Waals surface area contributed by atoms with Crippen molar-refractivity contribution in [2.75, 3.05) is 13.2 Å². The third-order valence-corrected chi connectivity index (χ3v) is 13.0. The molecule has 0 bridgehead atoms. The summed E-state index contributed by atoms with van der Waals surface area (Å²) in [5.41, 5.74) is 0. The standard InChI is InChI=1S/C63H112O6/c1-4-7-10-13-16-19-21-23-25-26-27-28-29-30-31-32-33-34-35-36-37-38-39-41-42-44-47-50-53-56-62(65)68-59-60(58-67-61(64)55-52-49-46-18-15-12-9-6-3)69-63(66)57-54-51-48-45-43-40-24-22-20-17-14-11-8-5-2/h7,10,16,19,23,25,27-28,30-31,60H,4-6,8-9,11-15,17-18,20-22,24,26,29,32-59H2,1-3H3/b10-7-,19-16-,25-23-,28-27-,31-30-. The molecule has 0 aliphatic carbocycles. The monoisotopic (exact) mass is 965 g/mol. The first kappa shape index (κ1) is 66.1. The average Bonchev–Trinajstić information content (AvgIpc) is 3.35. The van der Waals surface area contributed by atoms with Crippen molar-refractivity contribution in [1.29, 1.82) is 0 Å². The number of rotatable bonds is 54. The molecule has 1 atom stereocenters. The van der Waals surface area contributed by atoms with E-state index >= 15 is 0 Å². The van der Waals surface area contributed by atoms with Gasteiger partial charge in [0, 0.05) is 19.3 Å². The number of unbranched alkanes of at least 4 members (excludes halogenated alkanes) is 33. The Labute approximate surface area is 428 Å². The molecule has 0 spiro atoms. The number of carbonyl (C=O) groups excluding carboxylic acids is 3. The summed E-state index contributed by atoms with van der Waals surface area (Å²) in [6.07, 6.45) is 72.4. The van der Waals surface area contributed by atoms with Crippen LogP contribution >= 0.6 is 0 Å². The number of hydrogen-bond donors (Lipinski definition) is 0. The highest BCUT2D eigenvalue weighted by molar-refractivity contribution is 5.71. The van der Waals surface area contributed by atoms with Crippen LogP contribution in [-0.2, 0) is 28.6 Å². The fraction of sp³-hybridized carbons (Fsp3) is 0.794. The van der Waals surface area contributed by atoms with Gasteiger partial charge in [-0.05, 0) is 64.2 Å². The zero-order valence-electron chi connectivity index (χ0n) is 45.8. The van der Waals surface area contributed by atoms with E-state index in [0.717, 1.165) is 89.9 Å². The highest BCUT2D eigenvalue weighted by atomic mass is 16.6. The quantitative estimate of drug-likeness (QED) is 0.0262. The predicted octanol–water partition coefficient (Wildman–Crippen LogP) is 20.0. The van der Waals surface area contributed by atoms with Crippen molar-refractivity contribution in [1.82, 2.24) is 0 Å². The molecule has 6 heteroatoms. The van der Waals surface area contributed by atoms with Crippen LogP contribution in [0.4, 0.5) is 0 Å². The summed E-state index contributed by atoms with van der Waals surface area (Å²) in [6.45, 7) is 6.53. The van der Waals surface area contributed by atoms with Crippen molar-refractivity contribution in [2.45, 2.75) is 309 Å². The van der Waals surface area contributed by atoms with Gasteiger partial charge < -0.3 is 14.2 Å².